The number of rotatable bonds is 0. The Morgan fingerprint density at radius 3 is 2.50 bits per heavy atom. The Morgan fingerprint density at radius 2 is 2.10 bits per heavy atom. The molecule has 1 atom stereocenters. The Kier molecular flexibility index (Phi) is 4.12. The van der Waals surface area contributed by atoms with E-state index in [2.05, 4.69) is 4.74 Å². The van der Waals surface area contributed by atoms with Crippen molar-refractivity contribution < 1.29 is 14.3 Å². The maximum atomic E-state index is 10.4. The molecular formula is C5H7NNaO3. The van der Waals surface area contributed by atoms with Crippen LogP contribution in [0.4, 0.5) is 0 Å². The Labute approximate surface area is 80.4 Å². The van der Waals surface area contributed by atoms with E-state index in [4.69, 9.17) is 5.73 Å². The van der Waals surface area contributed by atoms with Crippen LogP contribution in [0, 0.1) is 0 Å². The third-order valence-corrected chi connectivity index (χ3v) is 1.18. The molecule has 0 amide bonds. The SMILES string of the molecule is N[C@H]1CCC(=O)OC1=O.[Na]. The summed E-state index contributed by atoms with van der Waals surface area (Å²) in [5.41, 5.74) is 5.21. The number of carbonyl (C=O) groups is 2. The second kappa shape index (κ2) is 4.08. The molecule has 0 aromatic carbocycles. The summed E-state index contributed by atoms with van der Waals surface area (Å²) in [6, 6.07) is -0.595. The van der Waals surface area contributed by atoms with Crippen molar-refractivity contribution in [2.45, 2.75) is 18.9 Å². The van der Waals surface area contributed by atoms with Crippen molar-refractivity contribution in [2.24, 2.45) is 5.73 Å². The van der Waals surface area contributed by atoms with Gasteiger partial charge in [-0.25, -0.2) is 4.79 Å². The monoisotopic (exact) mass is 152 g/mol. The maximum Gasteiger partial charge on any atom is 0.330 e. The molecule has 2 N–H and O–H groups in total. The summed E-state index contributed by atoms with van der Waals surface area (Å²) < 4.78 is 4.20. The van der Waals surface area contributed by atoms with Crippen molar-refractivity contribution in [1.82, 2.24) is 0 Å². The van der Waals surface area contributed by atoms with Crippen molar-refractivity contribution in [3.05, 3.63) is 0 Å². The van der Waals surface area contributed by atoms with Crippen LogP contribution in [0.5, 0.6) is 0 Å². The standard InChI is InChI=1S/C5H7NO3.Na/c6-3-1-2-4(7)9-5(3)8;/h3H,1-2,6H2;/t3-;/m0./s1. The molecule has 1 aliphatic rings. The van der Waals surface area contributed by atoms with Crippen LogP contribution < -0.4 is 5.73 Å². The maximum absolute atomic E-state index is 10.4. The van der Waals surface area contributed by atoms with Crippen LogP contribution in [-0.4, -0.2) is 47.5 Å². The number of hydrogen-bond donors (Lipinski definition) is 1. The summed E-state index contributed by atoms with van der Waals surface area (Å²) in [6.07, 6.45) is 0.671. The Balaban J connectivity index is 0.000000810. The number of ether oxygens (including phenoxy) is 1. The number of carbonyl (C=O) groups excluding carboxylic acids is 2. The van der Waals surface area contributed by atoms with Gasteiger partial charge in [0.15, 0.2) is 0 Å². The van der Waals surface area contributed by atoms with Gasteiger partial charge in [-0.3, -0.25) is 4.79 Å². The molecule has 10 heavy (non-hydrogen) atoms. The largest absolute Gasteiger partial charge is 0.392 e. The van der Waals surface area contributed by atoms with E-state index in [1.165, 1.54) is 0 Å². The first kappa shape index (κ1) is 10.1. The van der Waals surface area contributed by atoms with E-state index in [1.807, 2.05) is 0 Å². The average Bonchev–Trinajstić information content (AvgIpc) is 1.80. The van der Waals surface area contributed by atoms with E-state index in [0.717, 1.165) is 0 Å². The third kappa shape index (κ3) is 2.38. The molecule has 0 spiro atoms. The van der Waals surface area contributed by atoms with Gasteiger partial charge in [0, 0.05) is 36.0 Å². The molecular weight excluding hydrogens is 145 g/mol. The first-order valence-electron chi connectivity index (χ1n) is 2.70. The predicted octanol–water partition coefficient (Wildman–Crippen LogP) is -1.20. The molecule has 0 aromatic rings. The molecule has 1 aliphatic heterocycles. The number of hydrogen-bond acceptors (Lipinski definition) is 4. The van der Waals surface area contributed by atoms with Crippen LogP contribution >= 0.6 is 0 Å². The summed E-state index contributed by atoms with van der Waals surface area (Å²) in [7, 11) is 0. The van der Waals surface area contributed by atoms with Crippen molar-refractivity contribution in [2.75, 3.05) is 0 Å². The van der Waals surface area contributed by atoms with Gasteiger partial charge in [-0.15, -0.1) is 0 Å². The second-order valence-corrected chi connectivity index (χ2v) is 1.94. The minimum Gasteiger partial charge on any atom is -0.392 e. The molecule has 1 radical (unpaired) electrons. The zero-order valence-corrected chi connectivity index (χ0v) is 7.79. The molecule has 1 fully saturated rings. The van der Waals surface area contributed by atoms with Gasteiger partial charge in [0.05, 0.1) is 0 Å². The molecule has 5 heteroatoms. The smallest absolute Gasteiger partial charge is 0.330 e. The Hall–Kier alpha value is 0.1000. The molecule has 4 nitrogen and oxygen atoms in total. The van der Waals surface area contributed by atoms with E-state index in [-0.39, 0.29) is 36.0 Å². The van der Waals surface area contributed by atoms with Gasteiger partial charge < -0.3 is 10.5 Å². The van der Waals surface area contributed by atoms with Crippen molar-refractivity contribution >= 4 is 41.5 Å². The normalized spacial score (nSPS) is 25.1. The third-order valence-electron chi connectivity index (χ3n) is 1.18. The first-order chi connectivity index (χ1) is 4.20. The molecule has 51 valence electrons. The topological polar surface area (TPSA) is 69.4 Å². The molecule has 0 bridgehead atoms. The molecule has 1 saturated heterocycles. The van der Waals surface area contributed by atoms with E-state index in [9.17, 15) is 9.59 Å². The fraction of sp³-hybridized carbons (Fsp3) is 0.600. The first-order valence-corrected chi connectivity index (χ1v) is 2.70. The van der Waals surface area contributed by atoms with Crippen LogP contribution in [0.15, 0.2) is 0 Å². The number of cyclic esters (lactones) is 2. The molecule has 0 aliphatic carbocycles. The predicted molar refractivity (Wildman–Crippen MR) is 34.1 cm³/mol. The molecule has 0 aromatic heterocycles. The summed E-state index contributed by atoms with van der Waals surface area (Å²) in [5.74, 6) is -1.08. The van der Waals surface area contributed by atoms with E-state index in [0.29, 0.717) is 6.42 Å². The van der Waals surface area contributed by atoms with Gasteiger partial charge in [-0.1, -0.05) is 0 Å². The second-order valence-electron chi connectivity index (χ2n) is 1.94. The van der Waals surface area contributed by atoms with Crippen LogP contribution in [0.25, 0.3) is 0 Å². The van der Waals surface area contributed by atoms with Gasteiger partial charge in [0.2, 0.25) is 0 Å². The van der Waals surface area contributed by atoms with Crippen LogP contribution in [0.2, 0.25) is 0 Å². The summed E-state index contributed by atoms with van der Waals surface area (Å²) in [5, 5.41) is 0. The molecule has 0 unspecified atom stereocenters. The molecule has 0 saturated carbocycles. The van der Waals surface area contributed by atoms with Gasteiger partial charge in [0.25, 0.3) is 0 Å². The van der Waals surface area contributed by atoms with E-state index in [1.54, 1.807) is 0 Å². The van der Waals surface area contributed by atoms with Gasteiger partial charge in [0.1, 0.15) is 6.04 Å². The van der Waals surface area contributed by atoms with Crippen LogP contribution in [0.3, 0.4) is 0 Å². The Morgan fingerprint density at radius 1 is 1.50 bits per heavy atom. The minimum atomic E-state index is -0.605. The molecule has 1 heterocycles. The Bertz CT molecular complexity index is 159. The van der Waals surface area contributed by atoms with Crippen LogP contribution in [0.1, 0.15) is 12.8 Å². The zero-order valence-electron chi connectivity index (χ0n) is 5.79. The van der Waals surface area contributed by atoms with Gasteiger partial charge >= 0.3 is 11.9 Å². The molecule has 1 rings (SSSR count). The van der Waals surface area contributed by atoms with Crippen molar-refractivity contribution in [3.8, 4) is 0 Å². The van der Waals surface area contributed by atoms with Crippen LogP contribution in [-0.2, 0) is 14.3 Å². The van der Waals surface area contributed by atoms with Crippen molar-refractivity contribution in [1.29, 1.82) is 0 Å². The zero-order chi connectivity index (χ0) is 6.85. The van der Waals surface area contributed by atoms with Gasteiger partial charge in [-0.05, 0) is 6.42 Å². The number of esters is 2. The fourth-order valence-corrected chi connectivity index (χ4v) is 0.630. The average molecular weight is 152 g/mol. The quantitative estimate of drug-likeness (QED) is 0.269. The van der Waals surface area contributed by atoms with E-state index >= 15 is 0 Å². The summed E-state index contributed by atoms with van der Waals surface area (Å²) >= 11 is 0. The fourth-order valence-electron chi connectivity index (χ4n) is 0.630. The van der Waals surface area contributed by atoms with Gasteiger partial charge in [-0.2, -0.15) is 0 Å². The minimum absolute atomic E-state index is 0. The summed E-state index contributed by atoms with van der Waals surface area (Å²) in [4.78, 5) is 20.8. The summed E-state index contributed by atoms with van der Waals surface area (Å²) in [6.45, 7) is 0. The number of nitrogens with two attached hydrogens (primary N) is 1. The van der Waals surface area contributed by atoms with Crippen molar-refractivity contribution in [3.63, 3.8) is 0 Å². The van der Waals surface area contributed by atoms with E-state index < -0.39 is 18.0 Å².